The van der Waals surface area contributed by atoms with Crippen LogP contribution in [0.1, 0.15) is 36.0 Å². The normalized spacial score (nSPS) is 21.6. The number of pyridine rings is 1. The first-order valence-corrected chi connectivity index (χ1v) is 8.17. The van der Waals surface area contributed by atoms with E-state index in [9.17, 15) is 9.59 Å². The van der Waals surface area contributed by atoms with Crippen LogP contribution in [0.2, 0.25) is 0 Å². The second-order valence-corrected chi connectivity index (χ2v) is 6.11. The summed E-state index contributed by atoms with van der Waals surface area (Å²) in [7, 11) is 0. The zero-order chi connectivity index (χ0) is 15.2. The molecule has 21 heavy (non-hydrogen) atoms. The van der Waals surface area contributed by atoms with Crippen molar-refractivity contribution in [1.29, 1.82) is 0 Å². The summed E-state index contributed by atoms with van der Waals surface area (Å²) in [5.74, 6) is -1.07. The Morgan fingerprint density at radius 1 is 1.33 bits per heavy atom. The highest BCUT2D eigenvalue weighted by molar-refractivity contribution is 7.99. The van der Waals surface area contributed by atoms with E-state index >= 15 is 0 Å². The van der Waals surface area contributed by atoms with Gasteiger partial charge in [-0.3, -0.25) is 4.98 Å². The van der Waals surface area contributed by atoms with Crippen LogP contribution >= 0.6 is 11.8 Å². The molecule has 1 aromatic rings. The van der Waals surface area contributed by atoms with E-state index in [1.165, 1.54) is 24.9 Å². The summed E-state index contributed by atoms with van der Waals surface area (Å²) in [6, 6.07) is 1.23. The molecule has 7 heteroatoms. The number of urea groups is 1. The molecule has 114 valence electrons. The largest absolute Gasteiger partial charge is 0.478 e. The minimum Gasteiger partial charge on any atom is -0.478 e. The molecule has 1 aliphatic carbocycles. The standard InChI is InChI=1S/C14H19N3O3S/c1-21-12-5-3-2-4-11(12)17-14(20)16-10-6-9(13(18)19)7-15-8-10/h6-8,11-12H,2-5H2,1H3,(H,18,19)(H2,16,17,20). The quantitative estimate of drug-likeness (QED) is 0.795. The van der Waals surface area contributed by atoms with E-state index in [-0.39, 0.29) is 17.6 Å². The van der Waals surface area contributed by atoms with Gasteiger partial charge < -0.3 is 15.7 Å². The van der Waals surface area contributed by atoms with Crippen LogP contribution in [-0.2, 0) is 0 Å². The first-order chi connectivity index (χ1) is 10.1. The maximum atomic E-state index is 12.0. The lowest BCUT2D eigenvalue weighted by Gasteiger charge is -2.30. The number of carboxylic acids is 1. The lowest BCUT2D eigenvalue weighted by molar-refractivity contribution is 0.0696. The predicted octanol–water partition coefficient (Wildman–Crippen LogP) is 2.58. The van der Waals surface area contributed by atoms with Gasteiger partial charge in [0.05, 0.1) is 17.4 Å². The number of aromatic carboxylic acids is 1. The van der Waals surface area contributed by atoms with Gasteiger partial charge in [0, 0.05) is 17.5 Å². The summed E-state index contributed by atoms with van der Waals surface area (Å²) < 4.78 is 0. The van der Waals surface area contributed by atoms with E-state index < -0.39 is 5.97 Å². The van der Waals surface area contributed by atoms with Gasteiger partial charge in [-0.15, -0.1) is 0 Å². The Balaban J connectivity index is 1.95. The topological polar surface area (TPSA) is 91.3 Å². The first-order valence-electron chi connectivity index (χ1n) is 6.89. The van der Waals surface area contributed by atoms with Gasteiger partial charge in [-0.2, -0.15) is 11.8 Å². The zero-order valence-electron chi connectivity index (χ0n) is 11.8. The van der Waals surface area contributed by atoms with Crippen molar-refractivity contribution in [2.45, 2.75) is 37.0 Å². The van der Waals surface area contributed by atoms with Crippen molar-refractivity contribution in [3.8, 4) is 0 Å². The molecular weight excluding hydrogens is 290 g/mol. The molecule has 0 bridgehead atoms. The number of hydrogen-bond acceptors (Lipinski definition) is 4. The van der Waals surface area contributed by atoms with Crippen LogP contribution in [0.5, 0.6) is 0 Å². The summed E-state index contributed by atoms with van der Waals surface area (Å²) in [6.45, 7) is 0. The minimum atomic E-state index is -1.07. The summed E-state index contributed by atoms with van der Waals surface area (Å²) in [4.78, 5) is 26.7. The van der Waals surface area contributed by atoms with Crippen LogP contribution in [0.3, 0.4) is 0 Å². The molecule has 1 aliphatic rings. The van der Waals surface area contributed by atoms with Gasteiger partial charge in [0.25, 0.3) is 0 Å². The van der Waals surface area contributed by atoms with Gasteiger partial charge in [0.15, 0.2) is 0 Å². The van der Waals surface area contributed by atoms with Gasteiger partial charge in [-0.25, -0.2) is 9.59 Å². The lowest BCUT2D eigenvalue weighted by atomic mass is 9.95. The molecule has 6 nitrogen and oxygen atoms in total. The number of rotatable bonds is 4. The van der Waals surface area contributed by atoms with Crippen molar-refractivity contribution in [2.24, 2.45) is 0 Å². The van der Waals surface area contributed by atoms with Gasteiger partial charge in [0.2, 0.25) is 0 Å². The Hall–Kier alpha value is -1.76. The third kappa shape index (κ3) is 4.35. The molecule has 2 amide bonds. The SMILES string of the molecule is CSC1CCCCC1NC(=O)Nc1cncc(C(=O)O)c1. The molecule has 1 saturated carbocycles. The van der Waals surface area contributed by atoms with Crippen LogP contribution < -0.4 is 10.6 Å². The molecule has 0 spiro atoms. The van der Waals surface area contributed by atoms with Crippen molar-refractivity contribution in [2.75, 3.05) is 11.6 Å². The Bertz CT molecular complexity index is 524. The number of aromatic nitrogens is 1. The molecule has 2 rings (SSSR count). The van der Waals surface area contributed by atoms with Crippen molar-refractivity contribution in [3.05, 3.63) is 24.0 Å². The average Bonchev–Trinajstić information content (AvgIpc) is 2.48. The smallest absolute Gasteiger partial charge is 0.337 e. The van der Waals surface area contributed by atoms with Crippen LogP contribution in [0, 0.1) is 0 Å². The minimum absolute atomic E-state index is 0.0486. The van der Waals surface area contributed by atoms with Crippen molar-refractivity contribution < 1.29 is 14.7 Å². The van der Waals surface area contributed by atoms with Crippen LogP contribution in [0.4, 0.5) is 10.5 Å². The Kier molecular flexibility index (Phi) is 5.44. The lowest BCUT2D eigenvalue weighted by Crippen LogP contribution is -2.45. The second kappa shape index (κ2) is 7.31. The van der Waals surface area contributed by atoms with E-state index in [4.69, 9.17) is 5.11 Å². The summed E-state index contributed by atoms with van der Waals surface area (Å²) in [5.41, 5.74) is 0.427. The van der Waals surface area contributed by atoms with E-state index in [1.807, 2.05) is 0 Å². The number of amides is 2. The highest BCUT2D eigenvalue weighted by Crippen LogP contribution is 2.27. The Labute approximate surface area is 127 Å². The Morgan fingerprint density at radius 3 is 2.81 bits per heavy atom. The fraction of sp³-hybridized carbons (Fsp3) is 0.500. The first kappa shape index (κ1) is 15.6. The fourth-order valence-electron chi connectivity index (χ4n) is 2.50. The van der Waals surface area contributed by atoms with E-state index in [0.29, 0.717) is 10.9 Å². The molecule has 1 fully saturated rings. The van der Waals surface area contributed by atoms with Gasteiger partial charge >= 0.3 is 12.0 Å². The zero-order valence-corrected chi connectivity index (χ0v) is 12.7. The monoisotopic (exact) mass is 309 g/mol. The molecular formula is C14H19N3O3S. The van der Waals surface area contributed by atoms with Crippen molar-refractivity contribution in [3.63, 3.8) is 0 Å². The summed E-state index contributed by atoms with van der Waals surface area (Å²) in [6.07, 6.45) is 9.15. The molecule has 0 aliphatic heterocycles. The highest BCUT2D eigenvalue weighted by atomic mass is 32.2. The van der Waals surface area contributed by atoms with E-state index in [0.717, 1.165) is 19.3 Å². The van der Waals surface area contributed by atoms with Crippen LogP contribution in [0.15, 0.2) is 18.5 Å². The van der Waals surface area contributed by atoms with Crippen LogP contribution in [-0.4, -0.2) is 39.6 Å². The van der Waals surface area contributed by atoms with Gasteiger partial charge in [0.1, 0.15) is 0 Å². The number of nitrogens with one attached hydrogen (secondary N) is 2. The molecule has 0 aromatic carbocycles. The highest BCUT2D eigenvalue weighted by Gasteiger charge is 2.25. The summed E-state index contributed by atoms with van der Waals surface area (Å²) >= 11 is 1.78. The predicted molar refractivity (Wildman–Crippen MR) is 82.9 cm³/mol. The number of thioether (sulfide) groups is 1. The molecule has 0 saturated heterocycles. The van der Waals surface area contributed by atoms with Crippen molar-refractivity contribution in [1.82, 2.24) is 10.3 Å². The Morgan fingerprint density at radius 2 is 2.10 bits per heavy atom. The van der Waals surface area contributed by atoms with Crippen molar-refractivity contribution >= 4 is 29.4 Å². The number of carbonyl (C=O) groups excluding carboxylic acids is 1. The number of carbonyl (C=O) groups is 2. The second-order valence-electron chi connectivity index (χ2n) is 5.03. The third-order valence-electron chi connectivity index (χ3n) is 3.56. The van der Waals surface area contributed by atoms with Gasteiger partial charge in [-0.05, 0) is 25.2 Å². The van der Waals surface area contributed by atoms with Gasteiger partial charge in [-0.1, -0.05) is 12.8 Å². The molecule has 2 atom stereocenters. The number of carboxylic acid groups (broad SMARTS) is 1. The molecule has 0 radical (unpaired) electrons. The molecule has 1 heterocycles. The summed E-state index contributed by atoms with van der Waals surface area (Å²) in [5, 5.41) is 15.0. The maximum Gasteiger partial charge on any atom is 0.337 e. The third-order valence-corrected chi connectivity index (χ3v) is 4.73. The van der Waals surface area contributed by atoms with E-state index in [1.54, 1.807) is 11.8 Å². The molecule has 2 unspecified atom stereocenters. The number of anilines is 1. The molecule has 3 N–H and O–H groups in total. The fourth-order valence-corrected chi connectivity index (χ4v) is 3.44. The van der Waals surface area contributed by atoms with Crippen LogP contribution in [0.25, 0.3) is 0 Å². The van der Waals surface area contributed by atoms with E-state index in [2.05, 4.69) is 21.9 Å². The number of nitrogens with zero attached hydrogens (tertiary/aromatic N) is 1. The average molecular weight is 309 g/mol. The molecule has 1 aromatic heterocycles. The maximum absolute atomic E-state index is 12.0. The number of hydrogen-bond donors (Lipinski definition) is 3.